The van der Waals surface area contributed by atoms with Gasteiger partial charge in [-0.05, 0) is 43.4 Å². The molecular weight excluding hydrogens is 656 g/mol. The van der Waals surface area contributed by atoms with Crippen LogP contribution < -0.4 is 4.74 Å². The minimum absolute atomic E-state index is 0.0111. The number of aliphatic hydroxyl groups is 3. The van der Waals surface area contributed by atoms with E-state index in [0.717, 1.165) is 37.0 Å². The molecule has 50 heavy (non-hydrogen) atoms. The van der Waals surface area contributed by atoms with Crippen molar-refractivity contribution in [2.24, 2.45) is 0 Å². The van der Waals surface area contributed by atoms with Crippen LogP contribution in [-0.4, -0.2) is 184 Å². The summed E-state index contributed by atoms with van der Waals surface area (Å²) in [5.74, 6) is -3.56. The molecule has 1 aliphatic rings. The highest BCUT2D eigenvalue weighted by molar-refractivity contribution is 5.76. The summed E-state index contributed by atoms with van der Waals surface area (Å²) in [6.45, 7) is 0.906. The second kappa shape index (κ2) is 23.2. The average Bonchev–Trinajstić information content (AvgIpc) is 3.08. The number of carboxylic acid groups (broad SMARTS) is 3. The first kappa shape index (κ1) is 42.8. The van der Waals surface area contributed by atoms with Crippen LogP contribution >= 0.6 is 0 Å². The van der Waals surface area contributed by atoms with E-state index in [1.54, 1.807) is 0 Å². The second-order valence-corrected chi connectivity index (χ2v) is 12.4. The van der Waals surface area contributed by atoms with Crippen molar-refractivity contribution in [1.82, 2.24) is 19.6 Å². The van der Waals surface area contributed by atoms with Crippen molar-refractivity contribution in [2.45, 2.75) is 69.6 Å². The highest BCUT2D eigenvalue weighted by atomic mass is 16.5. The number of aliphatic hydroxyl groups excluding tert-OH is 3. The molecule has 284 valence electrons. The molecule has 1 heterocycles. The standard InChI is InChI=1S/C34H56N4O12/c1-3-4-21-50-26-11-9-25(10-12-26)7-5-6-8-27(34(48)49-2)35-13-15-36(28(22-39)31(42)43)17-19-38(30(24-41)33(46)47)20-18-37(16-14-35)29(23-40)32(44)45/h9-12,27-30,39-41H,3-8,13-24H2,1-2H3,(H,42,43)(H,44,45)(H,46,47)/t27-,28?,29?,30?/m0/s1. The molecule has 1 fully saturated rings. The molecule has 1 saturated heterocycles. The Balaban J connectivity index is 2.32. The SMILES string of the molecule is CCCCOc1ccc(CCCC[C@@H](C(=O)OC)N2CCN(C(CO)C(=O)O)CCN(C(CO)C(=O)O)CCN(C(CO)C(=O)O)CC2)cc1. The maximum absolute atomic E-state index is 13.2. The van der Waals surface area contributed by atoms with Gasteiger partial charge in [0.2, 0.25) is 0 Å². The number of carbonyl (C=O) groups is 4. The Kier molecular flexibility index (Phi) is 19.8. The van der Waals surface area contributed by atoms with Gasteiger partial charge in [-0.1, -0.05) is 31.9 Å². The first-order valence-corrected chi connectivity index (χ1v) is 17.3. The number of nitrogens with zero attached hydrogens (tertiary/aromatic N) is 4. The molecule has 6 N–H and O–H groups in total. The van der Waals surface area contributed by atoms with E-state index in [2.05, 4.69) is 6.92 Å². The predicted molar refractivity (Wildman–Crippen MR) is 182 cm³/mol. The average molecular weight is 713 g/mol. The summed E-state index contributed by atoms with van der Waals surface area (Å²) in [4.78, 5) is 55.6. The molecule has 0 saturated carbocycles. The number of benzene rings is 1. The number of aliphatic carboxylic acids is 3. The summed E-state index contributed by atoms with van der Waals surface area (Å²) in [7, 11) is 1.28. The van der Waals surface area contributed by atoms with E-state index in [-0.39, 0.29) is 52.4 Å². The first-order valence-electron chi connectivity index (χ1n) is 17.3. The molecule has 0 radical (unpaired) electrons. The fraction of sp³-hybridized carbons (Fsp3) is 0.706. The van der Waals surface area contributed by atoms with Crippen LogP contribution in [0.2, 0.25) is 0 Å². The molecule has 4 atom stereocenters. The van der Waals surface area contributed by atoms with Gasteiger partial charge in [-0.15, -0.1) is 0 Å². The van der Waals surface area contributed by atoms with E-state index in [1.165, 1.54) is 21.8 Å². The molecule has 0 amide bonds. The van der Waals surface area contributed by atoms with Gasteiger partial charge in [-0.2, -0.15) is 0 Å². The lowest BCUT2D eigenvalue weighted by Gasteiger charge is -2.39. The number of methoxy groups -OCH3 is 1. The quantitative estimate of drug-likeness (QED) is 0.0753. The van der Waals surface area contributed by atoms with Crippen molar-refractivity contribution in [1.29, 1.82) is 0 Å². The van der Waals surface area contributed by atoms with Gasteiger partial charge >= 0.3 is 23.9 Å². The summed E-state index contributed by atoms with van der Waals surface area (Å²) < 4.78 is 10.9. The lowest BCUT2D eigenvalue weighted by molar-refractivity contribution is -0.150. The zero-order valence-corrected chi connectivity index (χ0v) is 29.3. The molecule has 16 nitrogen and oxygen atoms in total. The van der Waals surface area contributed by atoms with Crippen LogP contribution in [0.3, 0.4) is 0 Å². The summed E-state index contributed by atoms with van der Waals surface area (Å²) >= 11 is 0. The van der Waals surface area contributed by atoms with Crippen molar-refractivity contribution in [3.8, 4) is 5.75 Å². The number of hydrogen-bond acceptors (Lipinski definition) is 13. The smallest absolute Gasteiger partial charge is 0.323 e. The topological polar surface area (TPSA) is 221 Å². The molecule has 0 aliphatic carbocycles. The number of rotatable bonds is 20. The summed E-state index contributed by atoms with van der Waals surface area (Å²) in [5.41, 5.74) is 1.12. The van der Waals surface area contributed by atoms with Gasteiger partial charge in [0.1, 0.15) is 29.9 Å². The maximum Gasteiger partial charge on any atom is 0.323 e. The van der Waals surface area contributed by atoms with Gasteiger partial charge in [0.05, 0.1) is 33.5 Å². The van der Waals surface area contributed by atoms with Gasteiger partial charge in [0, 0.05) is 52.4 Å². The minimum atomic E-state index is -1.35. The van der Waals surface area contributed by atoms with Gasteiger partial charge in [-0.25, -0.2) is 0 Å². The molecular formula is C34H56N4O12. The fourth-order valence-electron chi connectivity index (χ4n) is 6.11. The Morgan fingerprint density at radius 2 is 1.04 bits per heavy atom. The van der Waals surface area contributed by atoms with Crippen molar-refractivity contribution in [3.63, 3.8) is 0 Å². The van der Waals surface area contributed by atoms with Crippen LogP contribution in [0.1, 0.15) is 44.6 Å². The number of aryl methyl sites for hydroxylation is 1. The third-order valence-corrected chi connectivity index (χ3v) is 9.19. The molecule has 1 aromatic carbocycles. The van der Waals surface area contributed by atoms with Crippen LogP contribution in [-0.2, 0) is 30.3 Å². The van der Waals surface area contributed by atoms with Gasteiger partial charge in [-0.3, -0.25) is 38.8 Å². The minimum Gasteiger partial charge on any atom is -0.494 e. The van der Waals surface area contributed by atoms with Crippen molar-refractivity contribution >= 4 is 23.9 Å². The van der Waals surface area contributed by atoms with Gasteiger partial charge in [0.25, 0.3) is 0 Å². The van der Waals surface area contributed by atoms with Crippen LogP contribution in [0.25, 0.3) is 0 Å². The second-order valence-electron chi connectivity index (χ2n) is 12.4. The van der Waals surface area contributed by atoms with E-state index < -0.39 is 67.9 Å². The summed E-state index contributed by atoms with van der Waals surface area (Å²) in [6.07, 6.45) is 4.61. The number of esters is 1. The lowest BCUT2D eigenvalue weighted by Crippen LogP contribution is -2.57. The van der Waals surface area contributed by atoms with E-state index in [9.17, 15) is 49.8 Å². The Morgan fingerprint density at radius 3 is 1.38 bits per heavy atom. The van der Waals surface area contributed by atoms with E-state index in [4.69, 9.17) is 9.47 Å². The van der Waals surface area contributed by atoms with E-state index in [0.29, 0.717) is 19.4 Å². The van der Waals surface area contributed by atoms with Crippen molar-refractivity contribution < 1.29 is 59.3 Å². The summed E-state index contributed by atoms with van der Waals surface area (Å²) in [6, 6.07) is 3.16. The number of hydrogen-bond donors (Lipinski definition) is 6. The third-order valence-electron chi connectivity index (χ3n) is 9.19. The third kappa shape index (κ3) is 13.7. The number of unbranched alkanes of at least 4 members (excludes halogenated alkanes) is 2. The van der Waals surface area contributed by atoms with Crippen LogP contribution in [0.15, 0.2) is 24.3 Å². The fourth-order valence-corrected chi connectivity index (χ4v) is 6.11. The number of carboxylic acids is 3. The van der Waals surface area contributed by atoms with Crippen LogP contribution in [0.5, 0.6) is 5.75 Å². The molecule has 3 unspecified atom stereocenters. The molecule has 2 rings (SSSR count). The zero-order chi connectivity index (χ0) is 37.1. The van der Waals surface area contributed by atoms with Crippen LogP contribution in [0.4, 0.5) is 0 Å². The Labute approximate surface area is 293 Å². The van der Waals surface area contributed by atoms with Crippen molar-refractivity contribution in [3.05, 3.63) is 29.8 Å². The van der Waals surface area contributed by atoms with E-state index >= 15 is 0 Å². The lowest BCUT2D eigenvalue weighted by atomic mass is 10.0. The predicted octanol–water partition coefficient (Wildman–Crippen LogP) is -0.322. The molecule has 0 bridgehead atoms. The van der Waals surface area contributed by atoms with Gasteiger partial charge in [0.15, 0.2) is 0 Å². The first-order chi connectivity index (χ1) is 24.0. The monoisotopic (exact) mass is 712 g/mol. The summed E-state index contributed by atoms with van der Waals surface area (Å²) in [5, 5.41) is 59.3. The molecule has 1 aromatic rings. The number of ether oxygens (including phenoxy) is 2. The Hall–Kier alpha value is -3.38. The van der Waals surface area contributed by atoms with Crippen molar-refractivity contribution in [2.75, 3.05) is 85.9 Å². The molecule has 0 spiro atoms. The highest BCUT2D eigenvalue weighted by Gasteiger charge is 2.34. The molecule has 0 aromatic heterocycles. The largest absolute Gasteiger partial charge is 0.494 e. The molecule has 16 heteroatoms. The Bertz CT molecular complexity index is 1140. The van der Waals surface area contributed by atoms with Crippen LogP contribution in [0, 0.1) is 0 Å². The van der Waals surface area contributed by atoms with E-state index in [1.807, 2.05) is 29.2 Å². The highest BCUT2D eigenvalue weighted by Crippen LogP contribution is 2.18. The molecule has 1 aliphatic heterocycles. The zero-order valence-electron chi connectivity index (χ0n) is 29.3. The van der Waals surface area contributed by atoms with Gasteiger partial charge < -0.3 is 40.1 Å². The normalized spacial score (nSPS) is 18.6. The number of carbonyl (C=O) groups excluding carboxylic acids is 1. The maximum atomic E-state index is 13.2. The Morgan fingerprint density at radius 1 is 0.640 bits per heavy atom.